The van der Waals surface area contributed by atoms with Crippen molar-refractivity contribution in [2.24, 2.45) is 5.41 Å². The Morgan fingerprint density at radius 1 is 0.762 bits per heavy atom. The quantitative estimate of drug-likeness (QED) is 0.00789. The smallest absolute Gasteiger partial charge is 0.462 e. The maximum Gasteiger partial charge on any atom is 0.527 e. The number of nitrogens with zero attached hydrogens (tertiary/aromatic N) is 2. The molecule has 1 aromatic heterocycles. The number of rotatable bonds is 19. The van der Waals surface area contributed by atoms with E-state index in [-0.39, 0.29) is 29.9 Å². The number of carbonyl (C=O) groups is 4. The van der Waals surface area contributed by atoms with E-state index in [4.69, 9.17) is 28.0 Å². The van der Waals surface area contributed by atoms with E-state index >= 15 is 0 Å². The molecule has 1 saturated heterocycles. The van der Waals surface area contributed by atoms with Gasteiger partial charge in [-0.1, -0.05) is 85.3 Å². The van der Waals surface area contributed by atoms with Gasteiger partial charge in [-0.25, -0.2) is 32.1 Å². The number of aromatic nitrogens is 2. The van der Waals surface area contributed by atoms with Crippen molar-refractivity contribution in [3.05, 3.63) is 188 Å². The zero-order chi connectivity index (χ0) is 57.6. The summed E-state index contributed by atoms with van der Waals surface area (Å²) in [5.74, 6) is -16.1. The van der Waals surface area contributed by atoms with Crippen LogP contribution < -0.4 is 25.8 Å². The van der Waals surface area contributed by atoms with Crippen molar-refractivity contribution in [1.29, 1.82) is 0 Å². The highest BCUT2D eigenvalue weighted by molar-refractivity contribution is 7.80. The molecule has 25 heteroatoms. The van der Waals surface area contributed by atoms with E-state index in [0.717, 1.165) is 51.2 Å². The number of unbranched alkanes of at least 4 members (excludes halogenated alkanes) is 2. The van der Waals surface area contributed by atoms with Gasteiger partial charge in [0, 0.05) is 23.7 Å². The van der Waals surface area contributed by atoms with E-state index in [1.54, 1.807) is 26.8 Å². The third kappa shape index (κ3) is 13.0. The fourth-order valence-electron chi connectivity index (χ4n) is 8.99. The number of thiol groups is 1. The number of nitrogens with one attached hydrogen (secondary N) is 1. The van der Waals surface area contributed by atoms with Gasteiger partial charge >= 0.3 is 31.7 Å². The Bertz CT molecular complexity index is 3400. The molecule has 2 aliphatic rings. The van der Waals surface area contributed by atoms with Crippen molar-refractivity contribution in [1.82, 2.24) is 14.5 Å². The number of carbonyl (C=O) groups excluding carboxylic acids is 4. The molecule has 5 aromatic carbocycles. The molecule has 1 amide bonds. The zero-order valence-electron chi connectivity index (χ0n) is 42.7. The van der Waals surface area contributed by atoms with Crippen LogP contribution in [-0.2, 0) is 32.8 Å². The van der Waals surface area contributed by atoms with Crippen LogP contribution in [0.5, 0.6) is 11.5 Å². The van der Waals surface area contributed by atoms with Crippen LogP contribution in [0, 0.1) is 34.5 Å². The molecule has 6 atom stereocenters. The van der Waals surface area contributed by atoms with E-state index in [0.29, 0.717) is 29.6 Å². The summed E-state index contributed by atoms with van der Waals surface area (Å²) >= 11 is 4.17. The number of alkyl carbamates (subject to hydrolysis) is 1. The Hall–Kier alpha value is -7.63. The topological polar surface area (TPSA) is 226 Å². The van der Waals surface area contributed by atoms with Gasteiger partial charge in [0.25, 0.3) is 11.5 Å². The first kappa shape index (κ1) is 58.5. The van der Waals surface area contributed by atoms with E-state index in [1.807, 2.05) is 48.5 Å². The second-order valence-electron chi connectivity index (χ2n) is 19.4. The van der Waals surface area contributed by atoms with Gasteiger partial charge in [-0.2, -0.15) is 26.0 Å². The van der Waals surface area contributed by atoms with Gasteiger partial charge in [-0.15, -0.1) is 0 Å². The molecule has 0 saturated carbocycles. The largest absolute Gasteiger partial charge is 0.527 e. The van der Waals surface area contributed by atoms with Crippen molar-refractivity contribution < 1.29 is 83.3 Å². The number of hydrogen-bond acceptors (Lipinski definition) is 15. The first-order valence-corrected chi connectivity index (χ1v) is 26.9. The predicted molar refractivity (Wildman–Crippen MR) is 278 cm³/mol. The lowest BCUT2D eigenvalue weighted by molar-refractivity contribution is -0.159. The summed E-state index contributed by atoms with van der Waals surface area (Å²) in [4.78, 5) is 93.1. The van der Waals surface area contributed by atoms with Crippen molar-refractivity contribution in [2.45, 2.75) is 83.0 Å². The summed E-state index contributed by atoms with van der Waals surface area (Å²) in [7, 11) is -5.50. The molecule has 0 radical (unpaired) electrons. The Balaban J connectivity index is 1.10. The third-order valence-electron chi connectivity index (χ3n) is 12.9. The molecule has 6 aromatic rings. The molecular formula is C55H51F5N3O15PS. The Labute approximate surface area is 458 Å². The molecule has 1 aliphatic heterocycles. The average molecular weight is 1150 g/mol. The molecule has 80 heavy (non-hydrogen) atoms. The first-order valence-electron chi connectivity index (χ1n) is 24.8. The van der Waals surface area contributed by atoms with E-state index in [2.05, 4.69) is 22.7 Å². The SMILES string of the molecule is CC(C)(C)C(=O)OC[C@H]1O[C@@H](n2ccc(=O)n(C(=O)c3ccccc3)c2=O)C(NC(=O)OCC2c3ccccc3-c3ccccc32)[C@H]1OP(=O)(O)Oc1ccc(C(CCCCCS)OC(=O)Oc2c(F)c(F)c(F)c(F)c2F)cc1. The molecule has 1 fully saturated rings. The van der Waals surface area contributed by atoms with E-state index in [1.165, 1.54) is 36.4 Å². The molecule has 8 rings (SSSR count). The third-order valence-corrected chi connectivity index (χ3v) is 14.2. The fourth-order valence-corrected chi connectivity index (χ4v) is 10.2. The maximum absolute atomic E-state index is 14.4. The van der Waals surface area contributed by atoms with Crippen LogP contribution >= 0.6 is 20.5 Å². The van der Waals surface area contributed by atoms with Crippen LogP contribution in [0.15, 0.2) is 125 Å². The summed E-state index contributed by atoms with van der Waals surface area (Å²) in [6.45, 7) is 3.65. The number of phosphoric acid groups is 1. The molecule has 1 aliphatic carbocycles. The lowest BCUT2D eigenvalue weighted by atomic mass is 9.97. The number of benzene rings is 5. The van der Waals surface area contributed by atoms with Crippen LogP contribution in [0.25, 0.3) is 11.1 Å². The number of esters is 1. The van der Waals surface area contributed by atoms with Crippen LogP contribution in [0.3, 0.4) is 0 Å². The van der Waals surface area contributed by atoms with Crippen molar-refractivity contribution in [2.75, 3.05) is 19.0 Å². The van der Waals surface area contributed by atoms with Crippen LogP contribution in [0.4, 0.5) is 31.5 Å². The maximum atomic E-state index is 14.4. The summed E-state index contributed by atoms with van der Waals surface area (Å²) in [5, 5.41) is 2.57. The average Bonchev–Trinajstić information content (AvgIpc) is 3.97. The highest BCUT2D eigenvalue weighted by atomic mass is 32.1. The van der Waals surface area contributed by atoms with E-state index < -0.39 is 127 Å². The normalized spacial score (nSPS) is 17.8. The van der Waals surface area contributed by atoms with Gasteiger partial charge in [-0.05, 0) is 97.9 Å². The second-order valence-corrected chi connectivity index (χ2v) is 21.2. The lowest BCUT2D eigenvalue weighted by Crippen LogP contribution is -2.51. The van der Waals surface area contributed by atoms with Gasteiger partial charge in [0.2, 0.25) is 34.8 Å². The highest BCUT2D eigenvalue weighted by Crippen LogP contribution is 2.49. The zero-order valence-corrected chi connectivity index (χ0v) is 44.5. The Morgan fingerprint density at radius 3 is 1.98 bits per heavy atom. The highest BCUT2D eigenvalue weighted by Gasteiger charge is 2.52. The predicted octanol–water partition coefficient (Wildman–Crippen LogP) is 10.1. The molecule has 422 valence electrons. The van der Waals surface area contributed by atoms with Gasteiger partial charge < -0.3 is 33.5 Å². The number of amides is 1. The minimum Gasteiger partial charge on any atom is -0.462 e. The van der Waals surface area contributed by atoms with Crippen molar-refractivity contribution >= 4 is 44.6 Å². The standard InChI is InChI=1S/C55H51F5N3O15PS/c1-55(2,3)51(66)72-29-39-47(78-79(70,71)77-32-23-21-30(22-24-32)38(20-8-5-13-27-80)75-54(69)76-48-44(59)42(57)41(56)43(58)45(48)60)46(50(74-39)62-26-25-40(64)63(53(62)68)49(65)31-14-6-4-7-15-31)61-52(67)73-28-37-35-18-11-9-16-33(35)34-17-10-12-19-36(34)37/h4,6-7,9-12,14-19,21-26,37-39,46-47,50,80H,5,8,13,20,27-29H2,1-3H3,(H,61,67)(H,70,71)/t38?,39-,46?,47+,50-/m1/s1. The van der Waals surface area contributed by atoms with Crippen LogP contribution in [-0.4, -0.2) is 75.4 Å². The van der Waals surface area contributed by atoms with Crippen LogP contribution in [0.1, 0.15) is 91.8 Å². The Kier molecular flexibility index (Phi) is 18.1. The summed E-state index contributed by atoms with van der Waals surface area (Å²) in [6, 6.07) is 26.2. The summed E-state index contributed by atoms with van der Waals surface area (Å²) < 4.78 is 124. The summed E-state index contributed by atoms with van der Waals surface area (Å²) in [6.07, 6.45) is -7.15. The first-order chi connectivity index (χ1) is 38.1. The number of halogens is 5. The number of ether oxygens (including phenoxy) is 5. The van der Waals surface area contributed by atoms with Gasteiger partial charge in [-0.3, -0.25) is 28.4 Å². The van der Waals surface area contributed by atoms with Gasteiger partial charge in [0.1, 0.15) is 43.3 Å². The minimum atomic E-state index is -5.50. The Morgan fingerprint density at radius 2 is 1.36 bits per heavy atom. The van der Waals surface area contributed by atoms with E-state index in [9.17, 15) is 60.2 Å². The fraction of sp³-hybridized carbons (Fsp3) is 0.309. The van der Waals surface area contributed by atoms with Crippen molar-refractivity contribution in [3.63, 3.8) is 0 Å². The lowest BCUT2D eigenvalue weighted by Gasteiger charge is -2.27. The van der Waals surface area contributed by atoms with Crippen molar-refractivity contribution in [3.8, 4) is 22.6 Å². The number of hydrogen-bond donors (Lipinski definition) is 3. The van der Waals surface area contributed by atoms with Gasteiger partial charge in [0.15, 0.2) is 6.23 Å². The number of fused-ring (bicyclic) bond motifs is 3. The minimum absolute atomic E-state index is 0.0188. The second kappa shape index (κ2) is 24.8. The molecule has 2 heterocycles. The molecule has 0 bridgehead atoms. The molecular weight excluding hydrogens is 1100 g/mol. The molecule has 0 spiro atoms. The monoisotopic (exact) mass is 1150 g/mol. The molecule has 2 N–H and O–H groups in total. The number of phosphoric ester groups is 1. The van der Waals surface area contributed by atoms with Gasteiger partial charge in [0.05, 0.1) is 5.41 Å². The summed E-state index contributed by atoms with van der Waals surface area (Å²) in [5.41, 5.74) is 0.197. The van der Waals surface area contributed by atoms with Crippen LogP contribution in [0.2, 0.25) is 0 Å². The molecule has 18 nitrogen and oxygen atoms in total. The molecule has 3 unspecified atom stereocenters.